The quantitative estimate of drug-likeness (QED) is 0.581. The zero-order chi connectivity index (χ0) is 13.8. The first-order valence-corrected chi connectivity index (χ1v) is 5.95. The molecule has 0 saturated heterocycles. The second-order valence-corrected chi connectivity index (χ2v) is 4.90. The summed E-state index contributed by atoms with van der Waals surface area (Å²) in [6, 6.07) is -0.0458. The monoisotopic (exact) mass is 256 g/mol. The van der Waals surface area contributed by atoms with Gasteiger partial charge in [0.05, 0.1) is 12.0 Å². The van der Waals surface area contributed by atoms with E-state index in [1.807, 2.05) is 0 Å². The summed E-state index contributed by atoms with van der Waals surface area (Å²) in [5, 5.41) is 20.9. The third kappa shape index (κ3) is 4.75. The predicted molar refractivity (Wildman–Crippen MR) is 66.2 cm³/mol. The second-order valence-electron chi connectivity index (χ2n) is 4.90. The molecule has 1 unspecified atom stereocenters. The van der Waals surface area contributed by atoms with Crippen molar-refractivity contribution in [1.29, 1.82) is 0 Å². The molecule has 3 N–H and O–H groups in total. The summed E-state index contributed by atoms with van der Waals surface area (Å²) in [5.41, 5.74) is -1.44. The van der Waals surface area contributed by atoms with Gasteiger partial charge in [-0.05, 0) is 19.8 Å². The molecule has 0 aliphatic heterocycles. The minimum absolute atomic E-state index is 0.0848. The number of urea groups is 1. The smallest absolute Gasteiger partial charge is 0.318 e. The molecule has 1 atom stereocenters. The number of nitrogens with zero attached hydrogens (tertiary/aromatic N) is 1. The highest BCUT2D eigenvalue weighted by Crippen LogP contribution is 2.26. The van der Waals surface area contributed by atoms with Gasteiger partial charge in [-0.25, -0.2) is 4.79 Å². The Morgan fingerprint density at radius 3 is 2.61 bits per heavy atom. The van der Waals surface area contributed by atoms with Crippen LogP contribution in [0, 0.1) is 0 Å². The van der Waals surface area contributed by atoms with Crippen LogP contribution in [0.4, 0.5) is 4.79 Å². The Bertz CT molecular complexity index is 337. The molecule has 0 aromatic heterocycles. The SMILES string of the molecule is C=CCN(C(=O)NCC(C)(O)CC(=O)O)C1CC1. The molecule has 6 nitrogen and oxygen atoms in total. The van der Waals surface area contributed by atoms with Gasteiger partial charge in [-0.15, -0.1) is 6.58 Å². The third-order valence-electron chi connectivity index (χ3n) is 2.73. The van der Waals surface area contributed by atoms with Crippen molar-refractivity contribution in [3.63, 3.8) is 0 Å². The van der Waals surface area contributed by atoms with E-state index >= 15 is 0 Å². The number of carboxylic acid groups (broad SMARTS) is 1. The van der Waals surface area contributed by atoms with Gasteiger partial charge in [0, 0.05) is 19.1 Å². The summed E-state index contributed by atoms with van der Waals surface area (Å²) in [6.07, 6.45) is 3.20. The lowest BCUT2D eigenvalue weighted by molar-refractivity contribution is -0.141. The molecule has 1 aliphatic rings. The fourth-order valence-electron chi connectivity index (χ4n) is 1.68. The van der Waals surface area contributed by atoms with Crippen molar-refractivity contribution < 1.29 is 19.8 Å². The van der Waals surface area contributed by atoms with E-state index in [9.17, 15) is 14.7 Å². The topological polar surface area (TPSA) is 89.9 Å². The number of carbonyl (C=O) groups is 2. The van der Waals surface area contributed by atoms with Gasteiger partial charge in [-0.1, -0.05) is 6.08 Å². The van der Waals surface area contributed by atoms with Crippen LogP contribution in [0.1, 0.15) is 26.2 Å². The standard InChI is InChI=1S/C12H20N2O4/c1-3-6-14(9-4-5-9)11(17)13-8-12(2,18)7-10(15)16/h3,9,18H,1,4-8H2,2H3,(H,13,17)(H,15,16). The van der Waals surface area contributed by atoms with Crippen LogP contribution in [-0.2, 0) is 4.79 Å². The number of carbonyl (C=O) groups excluding carboxylic acids is 1. The highest BCUT2D eigenvalue weighted by Gasteiger charge is 2.33. The summed E-state index contributed by atoms with van der Waals surface area (Å²) in [7, 11) is 0. The van der Waals surface area contributed by atoms with Crippen LogP contribution < -0.4 is 5.32 Å². The van der Waals surface area contributed by atoms with Crippen molar-refractivity contribution in [3.05, 3.63) is 12.7 Å². The predicted octanol–water partition coefficient (Wildman–Crippen LogP) is 0.572. The van der Waals surface area contributed by atoms with E-state index in [1.54, 1.807) is 11.0 Å². The van der Waals surface area contributed by atoms with Crippen molar-refractivity contribution in [2.75, 3.05) is 13.1 Å². The molecular formula is C12H20N2O4. The van der Waals surface area contributed by atoms with Crippen molar-refractivity contribution >= 4 is 12.0 Å². The number of carboxylic acids is 1. The number of amides is 2. The molecule has 1 aliphatic carbocycles. The maximum Gasteiger partial charge on any atom is 0.318 e. The summed E-state index contributed by atoms with van der Waals surface area (Å²) < 4.78 is 0. The first-order chi connectivity index (χ1) is 8.35. The highest BCUT2D eigenvalue weighted by atomic mass is 16.4. The number of nitrogens with one attached hydrogen (secondary N) is 1. The number of rotatable bonds is 7. The van der Waals surface area contributed by atoms with E-state index < -0.39 is 18.0 Å². The van der Waals surface area contributed by atoms with Crippen LogP contribution in [0.5, 0.6) is 0 Å². The fraction of sp³-hybridized carbons (Fsp3) is 0.667. The van der Waals surface area contributed by atoms with Crippen LogP contribution in [-0.4, -0.2) is 51.8 Å². The Balaban J connectivity index is 2.43. The van der Waals surface area contributed by atoms with Gasteiger partial charge in [0.2, 0.25) is 0 Å². The average molecular weight is 256 g/mol. The first kappa shape index (κ1) is 14.5. The van der Waals surface area contributed by atoms with Crippen LogP contribution in [0.25, 0.3) is 0 Å². The molecule has 0 aromatic rings. The molecule has 1 rings (SSSR count). The second kappa shape index (κ2) is 5.86. The summed E-state index contributed by atoms with van der Waals surface area (Å²) in [5.74, 6) is -1.10. The molecule has 1 fully saturated rings. The van der Waals surface area contributed by atoms with Gasteiger partial charge in [-0.3, -0.25) is 4.79 Å². The molecule has 102 valence electrons. The van der Waals surface area contributed by atoms with Gasteiger partial charge in [0.25, 0.3) is 0 Å². The largest absolute Gasteiger partial charge is 0.481 e. The van der Waals surface area contributed by atoms with Crippen molar-refractivity contribution in [2.24, 2.45) is 0 Å². The van der Waals surface area contributed by atoms with E-state index in [0.29, 0.717) is 6.54 Å². The Morgan fingerprint density at radius 1 is 1.56 bits per heavy atom. The van der Waals surface area contributed by atoms with Gasteiger partial charge in [-0.2, -0.15) is 0 Å². The summed E-state index contributed by atoms with van der Waals surface area (Å²) in [6.45, 7) is 5.35. The Labute approximate surface area is 106 Å². The first-order valence-electron chi connectivity index (χ1n) is 5.95. The summed E-state index contributed by atoms with van der Waals surface area (Å²) in [4.78, 5) is 24.0. The normalized spacial score (nSPS) is 17.7. The van der Waals surface area contributed by atoms with Gasteiger partial charge < -0.3 is 20.4 Å². The Hall–Kier alpha value is -1.56. The lowest BCUT2D eigenvalue weighted by atomic mass is 10.0. The lowest BCUT2D eigenvalue weighted by Gasteiger charge is -2.25. The molecule has 0 spiro atoms. The van der Waals surface area contributed by atoms with E-state index in [1.165, 1.54) is 6.92 Å². The van der Waals surface area contributed by atoms with Gasteiger partial charge >= 0.3 is 12.0 Å². The highest BCUT2D eigenvalue weighted by molar-refractivity contribution is 5.75. The van der Waals surface area contributed by atoms with E-state index in [0.717, 1.165) is 12.8 Å². The molecule has 0 bridgehead atoms. The molecule has 0 heterocycles. The molecule has 6 heteroatoms. The molecule has 1 saturated carbocycles. The number of hydrogen-bond donors (Lipinski definition) is 3. The van der Waals surface area contributed by atoms with Crippen LogP contribution >= 0.6 is 0 Å². The van der Waals surface area contributed by atoms with Gasteiger partial charge in [0.1, 0.15) is 0 Å². The van der Waals surface area contributed by atoms with Crippen molar-refractivity contribution in [3.8, 4) is 0 Å². The van der Waals surface area contributed by atoms with Crippen molar-refractivity contribution in [1.82, 2.24) is 10.2 Å². The van der Waals surface area contributed by atoms with Crippen LogP contribution in [0.3, 0.4) is 0 Å². The Morgan fingerprint density at radius 2 is 2.17 bits per heavy atom. The van der Waals surface area contributed by atoms with Crippen LogP contribution in [0.15, 0.2) is 12.7 Å². The lowest BCUT2D eigenvalue weighted by Crippen LogP contribution is -2.48. The van der Waals surface area contributed by atoms with Gasteiger partial charge in [0.15, 0.2) is 0 Å². The zero-order valence-corrected chi connectivity index (χ0v) is 10.6. The molecular weight excluding hydrogens is 236 g/mol. The van der Waals surface area contributed by atoms with Crippen molar-refractivity contribution in [2.45, 2.75) is 37.8 Å². The maximum atomic E-state index is 11.9. The molecule has 0 radical (unpaired) electrons. The molecule has 18 heavy (non-hydrogen) atoms. The van der Waals surface area contributed by atoms with E-state index in [-0.39, 0.29) is 18.6 Å². The maximum absolute atomic E-state index is 11.9. The number of hydrogen-bond acceptors (Lipinski definition) is 3. The minimum atomic E-state index is -1.44. The Kier molecular flexibility index (Phi) is 4.72. The number of aliphatic hydroxyl groups is 1. The average Bonchev–Trinajstić information content (AvgIpc) is 3.04. The van der Waals surface area contributed by atoms with Crippen LogP contribution in [0.2, 0.25) is 0 Å². The fourth-order valence-corrected chi connectivity index (χ4v) is 1.68. The number of aliphatic carboxylic acids is 1. The molecule has 0 aromatic carbocycles. The zero-order valence-electron chi connectivity index (χ0n) is 10.6. The summed E-state index contributed by atoms with van der Waals surface area (Å²) >= 11 is 0. The van der Waals surface area contributed by atoms with E-state index in [2.05, 4.69) is 11.9 Å². The van der Waals surface area contributed by atoms with E-state index in [4.69, 9.17) is 5.11 Å². The molecule has 2 amide bonds. The third-order valence-corrected chi connectivity index (χ3v) is 2.73. The minimum Gasteiger partial charge on any atom is -0.481 e.